The Morgan fingerprint density at radius 2 is 1.80 bits per heavy atom. The number of nitrogens with zero attached hydrogens (tertiary/aromatic N) is 5. The first-order valence-electron chi connectivity index (χ1n) is 9.96. The second kappa shape index (κ2) is 8.27. The summed E-state index contributed by atoms with van der Waals surface area (Å²) in [6.07, 6.45) is 0. The smallest absolute Gasteiger partial charge is 0.366 e. The summed E-state index contributed by atoms with van der Waals surface area (Å²) in [7, 11) is 2.01. The molecule has 0 aliphatic carbocycles. The second-order valence-electron chi connectivity index (χ2n) is 7.34. The molecule has 1 fully saturated rings. The average Bonchev–Trinajstić information content (AvgIpc) is 2.75. The third kappa shape index (κ3) is 3.68. The highest BCUT2D eigenvalue weighted by atomic mass is 19.1. The van der Waals surface area contributed by atoms with Crippen molar-refractivity contribution in [3.8, 4) is 0 Å². The van der Waals surface area contributed by atoms with Crippen LogP contribution in [0.15, 0.2) is 46.0 Å². The van der Waals surface area contributed by atoms with Crippen molar-refractivity contribution in [3.63, 3.8) is 0 Å². The van der Waals surface area contributed by atoms with E-state index in [-0.39, 0.29) is 30.0 Å². The number of anilines is 1. The molecule has 0 saturated carbocycles. The SMILES string of the molecule is CCn1c(=O)n(OCc2ccccc2)c(=O)c2cc(F)c(N3CCN(C)CC3)nc21. The molecule has 0 amide bonds. The number of hydrogen-bond donors (Lipinski definition) is 0. The highest BCUT2D eigenvalue weighted by Gasteiger charge is 2.23. The largest absolute Gasteiger partial charge is 0.401 e. The molecule has 1 saturated heterocycles. The lowest BCUT2D eigenvalue weighted by Crippen LogP contribution is -2.46. The predicted molar refractivity (Wildman–Crippen MR) is 112 cm³/mol. The van der Waals surface area contributed by atoms with Gasteiger partial charge in [-0.15, -0.1) is 0 Å². The normalized spacial score (nSPS) is 15.0. The first-order valence-corrected chi connectivity index (χ1v) is 9.96. The van der Waals surface area contributed by atoms with E-state index in [2.05, 4.69) is 9.88 Å². The molecular formula is C21H24FN5O3. The lowest BCUT2D eigenvalue weighted by atomic mass is 10.2. The summed E-state index contributed by atoms with van der Waals surface area (Å²) in [5.41, 5.74) is -0.370. The first-order chi connectivity index (χ1) is 14.5. The number of benzene rings is 1. The van der Waals surface area contributed by atoms with Crippen LogP contribution in [0.25, 0.3) is 11.0 Å². The third-order valence-electron chi connectivity index (χ3n) is 5.33. The number of piperazine rings is 1. The van der Waals surface area contributed by atoms with Gasteiger partial charge in [-0.25, -0.2) is 14.2 Å². The number of halogens is 1. The van der Waals surface area contributed by atoms with E-state index in [1.54, 1.807) is 6.92 Å². The molecule has 30 heavy (non-hydrogen) atoms. The maximum atomic E-state index is 14.9. The van der Waals surface area contributed by atoms with Gasteiger partial charge < -0.3 is 14.6 Å². The Kier molecular flexibility index (Phi) is 5.54. The van der Waals surface area contributed by atoms with Crippen LogP contribution in [-0.4, -0.2) is 52.4 Å². The van der Waals surface area contributed by atoms with Gasteiger partial charge in [-0.2, -0.15) is 0 Å². The highest BCUT2D eigenvalue weighted by Crippen LogP contribution is 2.21. The Balaban J connectivity index is 1.78. The minimum Gasteiger partial charge on any atom is -0.401 e. The topological polar surface area (TPSA) is 72.6 Å². The van der Waals surface area contributed by atoms with Gasteiger partial charge in [0, 0.05) is 32.7 Å². The molecule has 0 unspecified atom stereocenters. The molecule has 3 aromatic rings. The van der Waals surface area contributed by atoms with Crippen LogP contribution in [-0.2, 0) is 13.2 Å². The van der Waals surface area contributed by atoms with Crippen molar-refractivity contribution in [1.29, 1.82) is 0 Å². The lowest BCUT2D eigenvalue weighted by Gasteiger charge is -2.33. The van der Waals surface area contributed by atoms with Gasteiger partial charge in [-0.1, -0.05) is 35.1 Å². The summed E-state index contributed by atoms with van der Waals surface area (Å²) in [5.74, 6) is -0.417. The molecule has 3 heterocycles. The number of hydrogen-bond acceptors (Lipinski definition) is 6. The molecule has 0 N–H and O–H groups in total. The van der Waals surface area contributed by atoms with Gasteiger partial charge in [-0.3, -0.25) is 9.36 Å². The fourth-order valence-electron chi connectivity index (χ4n) is 3.58. The van der Waals surface area contributed by atoms with Crippen LogP contribution in [0, 0.1) is 5.82 Å². The summed E-state index contributed by atoms with van der Waals surface area (Å²) >= 11 is 0. The Hall–Kier alpha value is -3.20. The minimum absolute atomic E-state index is 0.0138. The van der Waals surface area contributed by atoms with Crippen LogP contribution < -0.4 is 21.0 Å². The van der Waals surface area contributed by atoms with E-state index < -0.39 is 17.1 Å². The van der Waals surface area contributed by atoms with Gasteiger partial charge in [0.25, 0.3) is 5.56 Å². The van der Waals surface area contributed by atoms with Crippen LogP contribution in [0.2, 0.25) is 0 Å². The molecule has 8 nitrogen and oxygen atoms in total. The van der Waals surface area contributed by atoms with Gasteiger partial charge in [0.05, 0.1) is 5.39 Å². The zero-order valence-electron chi connectivity index (χ0n) is 17.0. The Bertz CT molecular complexity index is 1170. The molecular weight excluding hydrogens is 389 g/mol. The van der Waals surface area contributed by atoms with E-state index in [1.807, 2.05) is 42.3 Å². The zero-order valence-corrected chi connectivity index (χ0v) is 17.0. The molecule has 158 valence electrons. The van der Waals surface area contributed by atoms with Crippen molar-refractivity contribution >= 4 is 16.9 Å². The number of aromatic nitrogens is 3. The predicted octanol–water partition coefficient (Wildman–Crippen LogP) is 1.10. The molecule has 0 bridgehead atoms. The van der Waals surface area contributed by atoms with E-state index in [0.29, 0.717) is 17.8 Å². The Labute approximate surface area is 172 Å². The third-order valence-corrected chi connectivity index (χ3v) is 5.33. The minimum atomic E-state index is -0.716. The summed E-state index contributed by atoms with van der Waals surface area (Å²) in [6.45, 7) is 4.90. The van der Waals surface area contributed by atoms with E-state index in [4.69, 9.17) is 4.84 Å². The Morgan fingerprint density at radius 1 is 1.10 bits per heavy atom. The molecule has 0 spiro atoms. The molecule has 9 heteroatoms. The summed E-state index contributed by atoms with van der Waals surface area (Å²) in [6, 6.07) is 10.4. The van der Waals surface area contributed by atoms with Crippen molar-refractivity contribution in [1.82, 2.24) is 19.2 Å². The maximum Gasteiger partial charge on any atom is 0.366 e. The van der Waals surface area contributed by atoms with E-state index in [0.717, 1.165) is 24.7 Å². The van der Waals surface area contributed by atoms with Crippen LogP contribution in [0.4, 0.5) is 10.2 Å². The summed E-state index contributed by atoms with van der Waals surface area (Å²) < 4.78 is 16.9. The molecule has 2 aromatic heterocycles. The summed E-state index contributed by atoms with van der Waals surface area (Å²) in [4.78, 5) is 39.7. The second-order valence-corrected chi connectivity index (χ2v) is 7.34. The highest BCUT2D eigenvalue weighted by molar-refractivity contribution is 5.76. The molecule has 4 rings (SSSR count). The van der Waals surface area contributed by atoms with Gasteiger partial charge in [0.2, 0.25) is 0 Å². The van der Waals surface area contributed by atoms with Crippen molar-refractivity contribution in [2.24, 2.45) is 0 Å². The quantitative estimate of drug-likeness (QED) is 0.624. The monoisotopic (exact) mass is 413 g/mol. The number of fused-ring (bicyclic) bond motifs is 1. The van der Waals surface area contributed by atoms with Crippen molar-refractivity contribution in [2.75, 3.05) is 38.1 Å². The van der Waals surface area contributed by atoms with Gasteiger partial charge in [0.15, 0.2) is 17.3 Å². The number of likely N-dealkylation sites (N-methyl/N-ethyl adjacent to an activating group) is 1. The van der Waals surface area contributed by atoms with Crippen LogP contribution in [0.3, 0.4) is 0 Å². The van der Waals surface area contributed by atoms with E-state index in [9.17, 15) is 14.0 Å². The fourth-order valence-corrected chi connectivity index (χ4v) is 3.58. The molecule has 1 aliphatic rings. The molecule has 1 aliphatic heterocycles. The Morgan fingerprint density at radius 3 is 2.47 bits per heavy atom. The maximum absolute atomic E-state index is 14.9. The average molecular weight is 413 g/mol. The van der Waals surface area contributed by atoms with Gasteiger partial charge in [-0.05, 0) is 25.6 Å². The van der Waals surface area contributed by atoms with E-state index >= 15 is 0 Å². The van der Waals surface area contributed by atoms with E-state index in [1.165, 1.54) is 4.57 Å². The molecule has 1 aromatic carbocycles. The zero-order chi connectivity index (χ0) is 21.3. The standard InChI is InChI=1S/C21H24FN5O3/c1-3-26-18-16(13-17(22)19(23-18)25-11-9-24(2)10-12-25)20(28)27(21(26)29)30-14-15-7-5-4-6-8-15/h4-8,13H,3,9-12,14H2,1-2H3. The van der Waals surface area contributed by atoms with Crippen molar-refractivity contribution in [3.05, 3.63) is 68.6 Å². The number of rotatable bonds is 5. The lowest BCUT2D eigenvalue weighted by molar-refractivity contribution is 0.0773. The molecule has 0 atom stereocenters. The van der Waals surface area contributed by atoms with Crippen molar-refractivity contribution < 1.29 is 9.23 Å². The van der Waals surface area contributed by atoms with Crippen LogP contribution in [0.5, 0.6) is 0 Å². The fraction of sp³-hybridized carbons (Fsp3) is 0.381. The van der Waals surface area contributed by atoms with Crippen LogP contribution in [0.1, 0.15) is 12.5 Å². The van der Waals surface area contributed by atoms with Gasteiger partial charge >= 0.3 is 5.69 Å². The van der Waals surface area contributed by atoms with Crippen molar-refractivity contribution in [2.45, 2.75) is 20.1 Å². The van der Waals surface area contributed by atoms with Crippen LogP contribution >= 0.6 is 0 Å². The summed E-state index contributed by atoms with van der Waals surface area (Å²) in [5, 5.41) is 0.0138. The number of aryl methyl sites for hydroxylation is 1. The first kappa shape index (κ1) is 20.1. The van der Waals surface area contributed by atoms with Gasteiger partial charge in [0.1, 0.15) is 6.61 Å². The molecule has 0 radical (unpaired) electrons. The number of pyridine rings is 1.